The van der Waals surface area contributed by atoms with Crippen molar-refractivity contribution in [3.63, 3.8) is 0 Å². The van der Waals surface area contributed by atoms with Crippen LogP contribution in [-0.2, 0) is 9.53 Å². The Labute approximate surface area is 90.2 Å². The van der Waals surface area contributed by atoms with Crippen LogP contribution in [0, 0.1) is 11.8 Å². The van der Waals surface area contributed by atoms with E-state index in [-0.39, 0.29) is 12.0 Å². The van der Waals surface area contributed by atoms with Gasteiger partial charge in [0.05, 0.1) is 12.0 Å². The molecule has 86 valence electrons. The molecule has 15 heavy (non-hydrogen) atoms. The van der Waals surface area contributed by atoms with Crippen LogP contribution in [0.1, 0.15) is 19.3 Å². The third-order valence-electron chi connectivity index (χ3n) is 3.68. The second kappa shape index (κ2) is 4.49. The summed E-state index contributed by atoms with van der Waals surface area (Å²) in [5.41, 5.74) is 0. The zero-order valence-electron chi connectivity index (χ0n) is 9.19. The van der Waals surface area contributed by atoms with Gasteiger partial charge in [0.1, 0.15) is 0 Å². The minimum absolute atomic E-state index is 0.0313. The molecule has 0 radical (unpaired) electrons. The van der Waals surface area contributed by atoms with Crippen molar-refractivity contribution in [3.05, 3.63) is 0 Å². The normalized spacial score (nSPS) is 34.5. The van der Waals surface area contributed by atoms with Crippen molar-refractivity contribution in [1.82, 2.24) is 4.90 Å². The first kappa shape index (κ1) is 10.9. The SMILES string of the molecule is CN1CCC(C2OCCC2C(=O)O)CC1. The van der Waals surface area contributed by atoms with Crippen molar-refractivity contribution in [2.75, 3.05) is 26.7 Å². The van der Waals surface area contributed by atoms with E-state index in [9.17, 15) is 4.79 Å². The summed E-state index contributed by atoms with van der Waals surface area (Å²) >= 11 is 0. The highest BCUT2D eigenvalue weighted by molar-refractivity contribution is 5.71. The molecule has 0 aromatic heterocycles. The molecular formula is C11H19NO3. The van der Waals surface area contributed by atoms with E-state index < -0.39 is 5.97 Å². The maximum Gasteiger partial charge on any atom is 0.309 e. The largest absolute Gasteiger partial charge is 0.481 e. The Morgan fingerprint density at radius 3 is 2.60 bits per heavy atom. The fourth-order valence-electron chi connectivity index (χ4n) is 2.70. The van der Waals surface area contributed by atoms with E-state index in [0.717, 1.165) is 25.9 Å². The fraction of sp³-hybridized carbons (Fsp3) is 0.909. The number of hydrogen-bond donors (Lipinski definition) is 1. The van der Waals surface area contributed by atoms with Crippen LogP contribution in [0.25, 0.3) is 0 Å². The van der Waals surface area contributed by atoms with E-state index >= 15 is 0 Å². The highest BCUT2D eigenvalue weighted by Crippen LogP contribution is 2.32. The predicted molar refractivity (Wildman–Crippen MR) is 55.7 cm³/mol. The fourth-order valence-corrected chi connectivity index (χ4v) is 2.70. The number of ether oxygens (including phenoxy) is 1. The number of likely N-dealkylation sites (tertiary alicyclic amines) is 1. The van der Waals surface area contributed by atoms with Crippen LogP contribution in [0.2, 0.25) is 0 Å². The van der Waals surface area contributed by atoms with Crippen molar-refractivity contribution < 1.29 is 14.6 Å². The van der Waals surface area contributed by atoms with Gasteiger partial charge in [0.25, 0.3) is 0 Å². The molecule has 0 aromatic rings. The van der Waals surface area contributed by atoms with Crippen LogP contribution in [0.3, 0.4) is 0 Å². The molecule has 0 bridgehead atoms. The molecule has 0 spiro atoms. The van der Waals surface area contributed by atoms with Gasteiger partial charge in [-0.15, -0.1) is 0 Å². The molecule has 0 amide bonds. The molecule has 2 rings (SSSR count). The maximum atomic E-state index is 11.0. The molecule has 2 unspecified atom stereocenters. The molecule has 1 N–H and O–H groups in total. The number of nitrogens with zero attached hydrogens (tertiary/aromatic N) is 1. The monoisotopic (exact) mass is 213 g/mol. The quantitative estimate of drug-likeness (QED) is 0.737. The molecule has 0 saturated carbocycles. The van der Waals surface area contributed by atoms with Crippen LogP contribution in [0.4, 0.5) is 0 Å². The highest BCUT2D eigenvalue weighted by atomic mass is 16.5. The van der Waals surface area contributed by atoms with Gasteiger partial charge < -0.3 is 14.7 Å². The van der Waals surface area contributed by atoms with Crippen molar-refractivity contribution in [1.29, 1.82) is 0 Å². The topological polar surface area (TPSA) is 49.8 Å². The van der Waals surface area contributed by atoms with Crippen molar-refractivity contribution in [3.8, 4) is 0 Å². The first-order valence-corrected chi connectivity index (χ1v) is 5.71. The van der Waals surface area contributed by atoms with Crippen molar-refractivity contribution in [2.45, 2.75) is 25.4 Å². The summed E-state index contributed by atoms with van der Waals surface area (Å²) in [5.74, 6) is -0.500. The van der Waals surface area contributed by atoms with Gasteiger partial charge in [-0.25, -0.2) is 0 Å². The first-order valence-electron chi connectivity index (χ1n) is 5.71. The second-order valence-electron chi connectivity index (χ2n) is 4.71. The summed E-state index contributed by atoms with van der Waals surface area (Å²) in [4.78, 5) is 13.3. The third-order valence-corrected chi connectivity index (χ3v) is 3.68. The van der Waals surface area contributed by atoms with Gasteiger partial charge in [-0.3, -0.25) is 4.79 Å². The Kier molecular flexibility index (Phi) is 3.26. The lowest BCUT2D eigenvalue weighted by Gasteiger charge is -2.33. The standard InChI is InChI=1S/C11H19NO3/c1-12-5-2-8(3-6-12)10-9(11(13)14)4-7-15-10/h8-10H,2-7H2,1H3,(H,13,14). The number of carbonyl (C=O) groups is 1. The zero-order chi connectivity index (χ0) is 10.8. The Balaban J connectivity index is 1.94. The summed E-state index contributed by atoms with van der Waals surface area (Å²) in [7, 11) is 2.11. The van der Waals surface area contributed by atoms with Crippen LogP contribution in [0.5, 0.6) is 0 Å². The summed E-state index contributed by atoms with van der Waals surface area (Å²) in [6, 6.07) is 0. The van der Waals surface area contributed by atoms with E-state index in [1.807, 2.05) is 0 Å². The van der Waals surface area contributed by atoms with E-state index in [2.05, 4.69) is 11.9 Å². The Hall–Kier alpha value is -0.610. The molecule has 2 heterocycles. The lowest BCUT2D eigenvalue weighted by atomic mass is 9.84. The number of aliphatic carboxylic acids is 1. The Morgan fingerprint density at radius 1 is 1.33 bits per heavy atom. The Morgan fingerprint density at radius 2 is 2.00 bits per heavy atom. The highest BCUT2D eigenvalue weighted by Gasteiger charge is 2.39. The summed E-state index contributed by atoms with van der Waals surface area (Å²) in [6.45, 7) is 2.75. The molecule has 2 saturated heterocycles. The van der Waals surface area contributed by atoms with Gasteiger partial charge in [-0.1, -0.05) is 0 Å². The van der Waals surface area contributed by atoms with E-state index in [4.69, 9.17) is 9.84 Å². The average Bonchev–Trinajstić information content (AvgIpc) is 2.67. The molecule has 2 aliphatic heterocycles. The molecule has 2 aliphatic rings. The maximum absolute atomic E-state index is 11.0. The summed E-state index contributed by atoms with van der Waals surface area (Å²) in [6.07, 6.45) is 2.80. The molecule has 0 aromatic carbocycles. The predicted octanol–water partition coefficient (Wildman–Crippen LogP) is 0.818. The number of hydrogen-bond acceptors (Lipinski definition) is 3. The van der Waals surface area contributed by atoms with E-state index in [0.29, 0.717) is 18.9 Å². The van der Waals surface area contributed by atoms with Crippen LogP contribution in [0.15, 0.2) is 0 Å². The smallest absolute Gasteiger partial charge is 0.309 e. The lowest BCUT2D eigenvalue weighted by Crippen LogP contribution is -2.39. The number of carboxylic acid groups (broad SMARTS) is 1. The van der Waals surface area contributed by atoms with Gasteiger partial charge in [-0.2, -0.15) is 0 Å². The third kappa shape index (κ3) is 2.32. The zero-order valence-corrected chi connectivity index (χ0v) is 9.19. The van der Waals surface area contributed by atoms with Gasteiger partial charge in [-0.05, 0) is 45.3 Å². The van der Waals surface area contributed by atoms with Gasteiger partial charge in [0.2, 0.25) is 0 Å². The van der Waals surface area contributed by atoms with Gasteiger partial charge in [0.15, 0.2) is 0 Å². The molecule has 4 nitrogen and oxygen atoms in total. The average molecular weight is 213 g/mol. The van der Waals surface area contributed by atoms with E-state index in [1.54, 1.807) is 0 Å². The number of piperidine rings is 1. The summed E-state index contributed by atoms with van der Waals surface area (Å²) in [5, 5.41) is 9.08. The number of carboxylic acids is 1. The second-order valence-corrected chi connectivity index (χ2v) is 4.71. The molecule has 0 aliphatic carbocycles. The van der Waals surface area contributed by atoms with E-state index in [1.165, 1.54) is 0 Å². The molecule has 4 heteroatoms. The lowest BCUT2D eigenvalue weighted by molar-refractivity contribution is -0.145. The minimum atomic E-state index is -0.684. The van der Waals surface area contributed by atoms with Crippen LogP contribution in [-0.4, -0.2) is 48.8 Å². The van der Waals surface area contributed by atoms with Gasteiger partial charge in [0, 0.05) is 6.61 Å². The van der Waals surface area contributed by atoms with Gasteiger partial charge >= 0.3 is 5.97 Å². The Bertz CT molecular complexity index is 236. The van der Waals surface area contributed by atoms with Crippen molar-refractivity contribution >= 4 is 5.97 Å². The number of rotatable bonds is 2. The molecular weight excluding hydrogens is 194 g/mol. The first-order chi connectivity index (χ1) is 7.18. The summed E-state index contributed by atoms with van der Waals surface area (Å²) < 4.78 is 5.60. The molecule has 2 fully saturated rings. The van der Waals surface area contributed by atoms with Crippen molar-refractivity contribution in [2.24, 2.45) is 11.8 Å². The van der Waals surface area contributed by atoms with Crippen LogP contribution >= 0.6 is 0 Å². The molecule has 2 atom stereocenters. The van der Waals surface area contributed by atoms with Crippen LogP contribution < -0.4 is 0 Å². The minimum Gasteiger partial charge on any atom is -0.481 e.